The third-order valence-electron chi connectivity index (χ3n) is 2.81. The average molecular weight is 235 g/mol. The van der Waals surface area contributed by atoms with E-state index in [1.54, 1.807) is 12.4 Å². The molecule has 0 radical (unpaired) electrons. The van der Waals surface area contributed by atoms with E-state index in [0.717, 1.165) is 11.4 Å². The maximum absolute atomic E-state index is 6.00. The smallest absolute Gasteiger partial charge is 0.166 e. The lowest BCUT2D eigenvalue weighted by Gasteiger charge is -2.08. The highest BCUT2D eigenvalue weighted by atomic mass is 35.5. The summed E-state index contributed by atoms with van der Waals surface area (Å²) in [5.74, 6) is 0.808. The van der Waals surface area contributed by atoms with Crippen LogP contribution < -0.4 is 5.73 Å². The molecule has 2 aromatic rings. The van der Waals surface area contributed by atoms with Crippen LogP contribution in [0.3, 0.4) is 0 Å². The monoisotopic (exact) mass is 234 g/mol. The van der Waals surface area contributed by atoms with Gasteiger partial charge in [0.25, 0.3) is 0 Å². The predicted octanol–water partition coefficient (Wildman–Crippen LogP) is 2.52. The molecule has 0 bridgehead atoms. The minimum Gasteiger partial charge on any atom is -0.397 e. The van der Waals surface area contributed by atoms with E-state index in [1.165, 1.54) is 12.8 Å². The van der Waals surface area contributed by atoms with Gasteiger partial charge in [0.2, 0.25) is 0 Å². The van der Waals surface area contributed by atoms with E-state index in [9.17, 15) is 0 Å². The summed E-state index contributed by atoms with van der Waals surface area (Å²) in [6.45, 7) is 0. The maximum Gasteiger partial charge on any atom is 0.166 e. The first-order valence-electron chi connectivity index (χ1n) is 5.21. The summed E-state index contributed by atoms with van der Waals surface area (Å²) in [7, 11) is 0. The van der Waals surface area contributed by atoms with Crippen molar-refractivity contribution < 1.29 is 0 Å². The molecule has 0 saturated heterocycles. The van der Waals surface area contributed by atoms with E-state index in [4.69, 9.17) is 17.3 Å². The summed E-state index contributed by atoms with van der Waals surface area (Å²) < 4.78 is 2.07. The molecule has 1 aliphatic rings. The molecule has 0 aliphatic heterocycles. The molecule has 2 N–H and O–H groups in total. The Labute approximate surface area is 98.0 Å². The lowest BCUT2D eigenvalue weighted by molar-refractivity contribution is 0.746. The standard InChI is InChI=1S/C11H11ClN4/c12-9-3-1-2-8(10(9)13)11-15-14-6-16(11)7-4-5-7/h1-3,6-7H,4-5,13H2. The number of nitrogens with two attached hydrogens (primary N) is 1. The summed E-state index contributed by atoms with van der Waals surface area (Å²) in [5.41, 5.74) is 7.38. The molecule has 1 aromatic carbocycles. The van der Waals surface area contributed by atoms with Crippen molar-refractivity contribution in [1.29, 1.82) is 0 Å². The van der Waals surface area contributed by atoms with Gasteiger partial charge in [-0.1, -0.05) is 17.7 Å². The number of halogens is 1. The number of anilines is 1. The molecule has 1 aliphatic carbocycles. The van der Waals surface area contributed by atoms with Crippen molar-refractivity contribution in [1.82, 2.24) is 14.8 Å². The normalized spacial score (nSPS) is 15.3. The van der Waals surface area contributed by atoms with Crippen LogP contribution in [-0.2, 0) is 0 Å². The fourth-order valence-corrected chi connectivity index (χ4v) is 1.96. The van der Waals surface area contributed by atoms with E-state index in [0.29, 0.717) is 16.8 Å². The molecule has 0 spiro atoms. The number of aromatic nitrogens is 3. The number of benzene rings is 1. The third-order valence-corrected chi connectivity index (χ3v) is 3.14. The van der Waals surface area contributed by atoms with Crippen molar-refractivity contribution in [2.75, 3.05) is 5.73 Å². The molecular formula is C11H11ClN4. The number of hydrogen-bond donors (Lipinski definition) is 1. The third kappa shape index (κ3) is 1.46. The zero-order valence-corrected chi connectivity index (χ0v) is 9.35. The van der Waals surface area contributed by atoms with Crippen LogP contribution in [0.4, 0.5) is 5.69 Å². The molecule has 1 heterocycles. The summed E-state index contributed by atoms with van der Waals surface area (Å²) in [6.07, 6.45) is 4.13. The van der Waals surface area contributed by atoms with Crippen LogP contribution in [0.15, 0.2) is 24.5 Å². The lowest BCUT2D eigenvalue weighted by atomic mass is 10.1. The summed E-state index contributed by atoms with van der Waals surface area (Å²) in [6, 6.07) is 6.10. The molecule has 4 nitrogen and oxygen atoms in total. The SMILES string of the molecule is Nc1c(Cl)cccc1-c1nncn1C1CC1. The quantitative estimate of drug-likeness (QED) is 0.813. The number of nitrogen functional groups attached to an aromatic ring is 1. The second-order valence-electron chi connectivity index (χ2n) is 3.99. The summed E-state index contributed by atoms with van der Waals surface area (Å²) in [5, 5.41) is 8.63. The van der Waals surface area contributed by atoms with Gasteiger partial charge in [0.05, 0.1) is 10.7 Å². The van der Waals surface area contributed by atoms with Gasteiger partial charge in [-0.15, -0.1) is 10.2 Å². The van der Waals surface area contributed by atoms with E-state index in [-0.39, 0.29) is 0 Å². The van der Waals surface area contributed by atoms with Gasteiger partial charge in [-0.25, -0.2) is 0 Å². The molecule has 0 atom stereocenters. The van der Waals surface area contributed by atoms with Crippen LogP contribution in [0.2, 0.25) is 5.02 Å². The Kier molecular flexibility index (Phi) is 2.11. The highest BCUT2D eigenvalue weighted by Gasteiger charge is 2.27. The van der Waals surface area contributed by atoms with Crippen molar-refractivity contribution in [3.05, 3.63) is 29.5 Å². The van der Waals surface area contributed by atoms with Gasteiger partial charge >= 0.3 is 0 Å². The zero-order valence-electron chi connectivity index (χ0n) is 8.60. The Morgan fingerprint density at radius 3 is 2.94 bits per heavy atom. The number of para-hydroxylation sites is 1. The van der Waals surface area contributed by atoms with Crippen molar-refractivity contribution >= 4 is 17.3 Å². The second-order valence-corrected chi connectivity index (χ2v) is 4.40. The van der Waals surface area contributed by atoms with Gasteiger partial charge in [-0.05, 0) is 25.0 Å². The molecule has 1 aromatic heterocycles. The molecule has 0 amide bonds. The highest BCUT2D eigenvalue weighted by molar-refractivity contribution is 6.33. The summed E-state index contributed by atoms with van der Waals surface area (Å²) in [4.78, 5) is 0. The van der Waals surface area contributed by atoms with E-state index in [1.807, 2.05) is 12.1 Å². The van der Waals surface area contributed by atoms with Gasteiger partial charge in [-0.3, -0.25) is 0 Å². The molecule has 3 rings (SSSR count). The molecule has 5 heteroatoms. The molecule has 16 heavy (non-hydrogen) atoms. The van der Waals surface area contributed by atoms with Crippen LogP contribution in [0, 0.1) is 0 Å². The highest BCUT2D eigenvalue weighted by Crippen LogP contribution is 2.39. The Morgan fingerprint density at radius 2 is 2.19 bits per heavy atom. The van der Waals surface area contributed by atoms with Crippen molar-refractivity contribution in [2.24, 2.45) is 0 Å². The average Bonchev–Trinajstić information content (AvgIpc) is 3.01. The van der Waals surface area contributed by atoms with Gasteiger partial charge < -0.3 is 10.3 Å². The van der Waals surface area contributed by atoms with Crippen LogP contribution in [0.5, 0.6) is 0 Å². The van der Waals surface area contributed by atoms with Crippen molar-refractivity contribution in [3.8, 4) is 11.4 Å². The Bertz CT molecular complexity index is 531. The van der Waals surface area contributed by atoms with Crippen molar-refractivity contribution in [3.63, 3.8) is 0 Å². The van der Waals surface area contributed by atoms with Crippen LogP contribution in [0.1, 0.15) is 18.9 Å². The van der Waals surface area contributed by atoms with Crippen LogP contribution in [-0.4, -0.2) is 14.8 Å². The van der Waals surface area contributed by atoms with Crippen LogP contribution in [0.25, 0.3) is 11.4 Å². The topological polar surface area (TPSA) is 56.7 Å². The van der Waals surface area contributed by atoms with Gasteiger partial charge in [0.1, 0.15) is 6.33 Å². The van der Waals surface area contributed by atoms with E-state index < -0.39 is 0 Å². The largest absolute Gasteiger partial charge is 0.397 e. The molecule has 0 unspecified atom stereocenters. The molecular weight excluding hydrogens is 224 g/mol. The van der Waals surface area contributed by atoms with Crippen LogP contribution >= 0.6 is 11.6 Å². The zero-order chi connectivity index (χ0) is 11.1. The molecule has 82 valence electrons. The molecule has 1 fully saturated rings. The number of nitrogens with zero attached hydrogens (tertiary/aromatic N) is 3. The predicted molar refractivity (Wildman–Crippen MR) is 63.2 cm³/mol. The van der Waals surface area contributed by atoms with Gasteiger partial charge in [0.15, 0.2) is 5.82 Å². The number of hydrogen-bond acceptors (Lipinski definition) is 3. The Morgan fingerprint density at radius 1 is 1.38 bits per heavy atom. The van der Waals surface area contributed by atoms with E-state index in [2.05, 4.69) is 14.8 Å². The fraction of sp³-hybridized carbons (Fsp3) is 0.273. The summed E-state index contributed by atoms with van der Waals surface area (Å²) >= 11 is 6.00. The second kappa shape index (κ2) is 3.49. The first-order valence-corrected chi connectivity index (χ1v) is 5.59. The van der Waals surface area contributed by atoms with E-state index >= 15 is 0 Å². The molecule has 1 saturated carbocycles. The minimum atomic E-state index is 0.531. The maximum atomic E-state index is 6.00. The van der Waals surface area contributed by atoms with Gasteiger partial charge in [0, 0.05) is 11.6 Å². The first-order chi connectivity index (χ1) is 7.77. The fourth-order valence-electron chi connectivity index (χ4n) is 1.79. The number of rotatable bonds is 2. The Hall–Kier alpha value is -1.55. The first kappa shape index (κ1) is 9.66. The van der Waals surface area contributed by atoms with Gasteiger partial charge in [-0.2, -0.15) is 0 Å². The lowest BCUT2D eigenvalue weighted by Crippen LogP contribution is -1.99. The minimum absolute atomic E-state index is 0.531. The van der Waals surface area contributed by atoms with Crippen molar-refractivity contribution in [2.45, 2.75) is 18.9 Å². The Balaban J connectivity index is 2.14.